The second-order valence-corrected chi connectivity index (χ2v) is 7.05. The maximum Gasteiger partial charge on any atom is 0.233 e. The van der Waals surface area contributed by atoms with Crippen molar-refractivity contribution in [3.05, 3.63) is 24.3 Å². The summed E-state index contributed by atoms with van der Waals surface area (Å²) in [4.78, 5) is 14.6. The molecule has 2 unspecified atom stereocenters. The van der Waals surface area contributed by atoms with Gasteiger partial charge in [-0.1, -0.05) is 11.8 Å². The number of amides is 1. The molecule has 2 aromatic rings. The molecule has 2 atom stereocenters. The van der Waals surface area contributed by atoms with Crippen molar-refractivity contribution < 1.29 is 9.90 Å². The fourth-order valence-electron chi connectivity index (χ4n) is 3.14. The van der Waals surface area contributed by atoms with Gasteiger partial charge in [-0.25, -0.2) is 0 Å². The molecule has 1 N–H and O–H groups in total. The summed E-state index contributed by atoms with van der Waals surface area (Å²) in [5.74, 6) is 0.622. The predicted octanol–water partition coefficient (Wildman–Crippen LogP) is 2.25. The quantitative estimate of drug-likeness (QED) is 0.854. The van der Waals surface area contributed by atoms with Gasteiger partial charge in [-0.15, -0.1) is 5.10 Å². The van der Waals surface area contributed by atoms with Crippen molar-refractivity contribution in [1.29, 1.82) is 0 Å². The lowest BCUT2D eigenvalue weighted by Gasteiger charge is -2.39. The molecular formula is C16H21N5O2S. The van der Waals surface area contributed by atoms with Gasteiger partial charge in [0, 0.05) is 12.1 Å². The second-order valence-electron chi connectivity index (χ2n) is 6.11. The summed E-state index contributed by atoms with van der Waals surface area (Å²) in [6, 6.07) is 7.19. The van der Waals surface area contributed by atoms with E-state index >= 15 is 0 Å². The van der Waals surface area contributed by atoms with Crippen LogP contribution in [0.4, 0.5) is 0 Å². The van der Waals surface area contributed by atoms with E-state index in [2.05, 4.69) is 29.4 Å². The van der Waals surface area contributed by atoms with Crippen molar-refractivity contribution in [1.82, 2.24) is 25.1 Å². The fraction of sp³-hybridized carbons (Fsp3) is 0.500. The van der Waals surface area contributed by atoms with E-state index in [1.54, 1.807) is 28.9 Å². The van der Waals surface area contributed by atoms with Gasteiger partial charge in [-0.05, 0) is 67.8 Å². The highest BCUT2D eigenvalue weighted by Gasteiger charge is 2.29. The Labute approximate surface area is 145 Å². The van der Waals surface area contributed by atoms with Crippen LogP contribution in [0.25, 0.3) is 5.69 Å². The molecular weight excluding hydrogens is 326 g/mol. The van der Waals surface area contributed by atoms with E-state index in [1.165, 1.54) is 18.2 Å². The Morgan fingerprint density at radius 1 is 1.25 bits per heavy atom. The highest BCUT2D eigenvalue weighted by molar-refractivity contribution is 7.99. The van der Waals surface area contributed by atoms with Crippen LogP contribution in [0.15, 0.2) is 29.4 Å². The van der Waals surface area contributed by atoms with Gasteiger partial charge in [-0.3, -0.25) is 4.79 Å². The average molecular weight is 347 g/mol. The number of likely N-dealkylation sites (tertiary alicyclic amines) is 1. The number of carbonyl (C=O) groups excluding carboxylic acids is 1. The summed E-state index contributed by atoms with van der Waals surface area (Å²) in [7, 11) is 0. The molecule has 1 saturated heterocycles. The van der Waals surface area contributed by atoms with Crippen molar-refractivity contribution >= 4 is 17.7 Å². The average Bonchev–Trinajstić information content (AvgIpc) is 3.02. The SMILES string of the molecule is CC1CCCC(C)N1C(=O)CSc1nnnn1-c1ccc(O)cc1. The molecule has 1 aromatic carbocycles. The number of hydrogen-bond donors (Lipinski definition) is 1. The van der Waals surface area contributed by atoms with E-state index in [0.717, 1.165) is 18.5 Å². The predicted molar refractivity (Wildman–Crippen MR) is 91.2 cm³/mol. The van der Waals surface area contributed by atoms with E-state index < -0.39 is 0 Å². The zero-order valence-electron chi connectivity index (χ0n) is 13.8. The second kappa shape index (κ2) is 7.21. The number of hydrogen-bond acceptors (Lipinski definition) is 6. The number of nitrogens with zero attached hydrogens (tertiary/aromatic N) is 5. The topological polar surface area (TPSA) is 84.1 Å². The van der Waals surface area contributed by atoms with Gasteiger partial charge in [0.2, 0.25) is 11.1 Å². The molecule has 0 spiro atoms. The Morgan fingerprint density at radius 3 is 2.58 bits per heavy atom. The number of tetrazole rings is 1. The molecule has 8 heteroatoms. The molecule has 24 heavy (non-hydrogen) atoms. The maximum absolute atomic E-state index is 12.6. The Kier molecular flexibility index (Phi) is 5.03. The molecule has 1 aliphatic heterocycles. The smallest absolute Gasteiger partial charge is 0.233 e. The molecule has 1 amide bonds. The lowest BCUT2D eigenvalue weighted by atomic mass is 9.98. The minimum atomic E-state index is 0.125. The number of phenolic OH excluding ortho intramolecular Hbond substituents is 1. The van der Waals surface area contributed by atoms with E-state index in [-0.39, 0.29) is 23.7 Å². The van der Waals surface area contributed by atoms with Crippen LogP contribution in [0.1, 0.15) is 33.1 Å². The molecule has 7 nitrogen and oxygen atoms in total. The van der Waals surface area contributed by atoms with Crippen LogP contribution in [0.2, 0.25) is 0 Å². The first-order chi connectivity index (χ1) is 11.6. The van der Waals surface area contributed by atoms with E-state index in [4.69, 9.17) is 0 Å². The maximum atomic E-state index is 12.6. The van der Waals surface area contributed by atoms with Gasteiger partial charge in [-0.2, -0.15) is 4.68 Å². The van der Waals surface area contributed by atoms with Crippen molar-refractivity contribution in [3.8, 4) is 11.4 Å². The molecule has 0 bridgehead atoms. The third-order valence-corrected chi connectivity index (χ3v) is 5.25. The molecule has 0 aliphatic carbocycles. The first-order valence-corrected chi connectivity index (χ1v) is 9.06. The van der Waals surface area contributed by atoms with Crippen LogP contribution in [0.5, 0.6) is 5.75 Å². The van der Waals surface area contributed by atoms with Crippen LogP contribution in [0.3, 0.4) is 0 Å². The first kappa shape index (κ1) is 16.8. The van der Waals surface area contributed by atoms with Crippen molar-refractivity contribution in [2.75, 3.05) is 5.75 Å². The monoisotopic (exact) mass is 347 g/mol. The number of thioether (sulfide) groups is 1. The summed E-state index contributed by atoms with van der Waals surface area (Å²) >= 11 is 1.33. The zero-order valence-corrected chi connectivity index (χ0v) is 14.6. The highest BCUT2D eigenvalue weighted by Crippen LogP contribution is 2.25. The van der Waals surface area contributed by atoms with Crippen LogP contribution >= 0.6 is 11.8 Å². The number of aromatic hydroxyl groups is 1. The molecule has 0 saturated carbocycles. The van der Waals surface area contributed by atoms with Crippen molar-refractivity contribution in [3.63, 3.8) is 0 Å². The molecule has 1 fully saturated rings. The lowest BCUT2D eigenvalue weighted by Crippen LogP contribution is -2.48. The number of piperidine rings is 1. The van der Waals surface area contributed by atoms with Crippen LogP contribution in [0, 0.1) is 0 Å². The molecule has 128 valence electrons. The summed E-state index contributed by atoms with van der Waals surface area (Å²) in [6.45, 7) is 4.22. The molecule has 3 rings (SSSR count). The van der Waals surface area contributed by atoms with Gasteiger partial charge in [0.15, 0.2) is 0 Å². The van der Waals surface area contributed by atoms with Gasteiger partial charge < -0.3 is 10.0 Å². The molecule has 1 aromatic heterocycles. The van der Waals surface area contributed by atoms with Crippen LogP contribution < -0.4 is 0 Å². The zero-order chi connectivity index (χ0) is 17.1. The highest BCUT2D eigenvalue weighted by atomic mass is 32.2. The molecule has 2 heterocycles. The van der Waals surface area contributed by atoms with Crippen molar-refractivity contribution in [2.24, 2.45) is 0 Å². The van der Waals surface area contributed by atoms with Crippen molar-refractivity contribution in [2.45, 2.75) is 50.4 Å². The summed E-state index contributed by atoms with van der Waals surface area (Å²) in [5, 5.41) is 21.6. The minimum Gasteiger partial charge on any atom is -0.508 e. The Morgan fingerprint density at radius 2 is 1.92 bits per heavy atom. The summed E-state index contributed by atoms with van der Waals surface area (Å²) < 4.78 is 1.57. The number of benzene rings is 1. The number of carbonyl (C=O) groups is 1. The van der Waals surface area contributed by atoms with Crippen LogP contribution in [-0.4, -0.2) is 54.0 Å². The Bertz CT molecular complexity index is 693. The number of phenols is 1. The van der Waals surface area contributed by atoms with Gasteiger partial charge >= 0.3 is 0 Å². The normalized spacial score (nSPS) is 21.0. The number of aromatic nitrogens is 4. The van der Waals surface area contributed by atoms with E-state index in [9.17, 15) is 9.90 Å². The van der Waals surface area contributed by atoms with Gasteiger partial charge in [0.05, 0.1) is 11.4 Å². The summed E-state index contributed by atoms with van der Waals surface area (Å²) in [6.07, 6.45) is 3.30. The first-order valence-electron chi connectivity index (χ1n) is 8.08. The van der Waals surface area contributed by atoms with Gasteiger partial charge in [0.1, 0.15) is 5.75 Å². The molecule has 1 aliphatic rings. The van der Waals surface area contributed by atoms with E-state index in [0.29, 0.717) is 10.9 Å². The van der Waals surface area contributed by atoms with Crippen LogP contribution in [-0.2, 0) is 4.79 Å². The largest absolute Gasteiger partial charge is 0.508 e. The van der Waals surface area contributed by atoms with E-state index in [1.807, 2.05) is 4.90 Å². The Balaban J connectivity index is 1.68. The standard InChI is InChI=1S/C16H21N5O2S/c1-11-4-3-5-12(2)20(11)15(23)10-24-16-17-18-19-21(16)13-6-8-14(22)9-7-13/h6-9,11-12,22H,3-5,10H2,1-2H3. The third kappa shape index (κ3) is 3.53. The number of rotatable bonds is 4. The lowest BCUT2D eigenvalue weighted by molar-refractivity contribution is -0.134. The molecule has 0 radical (unpaired) electrons. The Hall–Kier alpha value is -2.09. The minimum absolute atomic E-state index is 0.125. The van der Waals surface area contributed by atoms with Gasteiger partial charge in [0.25, 0.3) is 0 Å². The fourth-order valence-corrected chi connectivity index (χ4v) is 3.90. The third-order valence-electron chi connectivity index (χ3n) is 4.34. The summed E-state index contributed by atoms with van der Waals surface area (Å²) in [5.41, 5.74) is 0.743.